The molecule has 4 heteroatoms. The van der Waals surface area contributed by atoms with Gasteiger partial charge >= 0.3 is 0 Å². The van der Waals surface area contributed by atoms with Gasteiger partial charge in [0.1, 0.15) is 5.75 Å². The Labute approximate surface area is 162 Å². The van der Waals surface area contributed by atoms with Gasteiger partial charge in [-0.25, -0.2) is 0 Å². The van der Waals surface area contributed by atoms with Gasteiger partial charge in [0, 0.05) is 30.5 Å². The number of likely N-dealkylation sites (N-methyl/N-ethyl adjacent to an activating group) is 1. The first-order valence-corrected chi connectivity index (χ1v) is 10.4. The third kappa shape index (κ3) is 4.11. The minimum absolute atomic E-state index is 0.112. The molecule has 0 atom stereocenters. The molecule has 1 aromatic carbocycles. The third-order valence-electron chi connectivity index (χ3n) is 4.92. The predicted molar refractivity (Wildman–Crippen MR) is 113 cm³/mol. The summed E-state index contributed by atoms with van der Waals surface area (Å²) in [7, 11) is 1.87. The second-order valence-electron chi connectivity index (χ2n) is 9.16. The second-order valence-corrected chi connectivity index (χ2v) is 10.3. The normalized spacial score (nSPS) is 18.3. The molecule has 0 radical (unpaired) electrons. The number of allylic oxidation sites excluding steroid dienone is 1. The van der Waals surface area contributed by atoms with Crippen LogP contribution in [-0.2, 0) is 15.6 Å². The Morgan fingerprint density at radius 3 is 2.04 bits per heavy atom. The molecule has 144 valence electrons. The summed E-state index contributed by atoms with van der Waals surface area (Å²) in [5.74, 6) is 1.42. The topological polar surface area (TPSA) is 40.5 Å². The number of aromatic hydroxyl groups is 1. The predicted octanol–water partition coefficient (Wildman–Crippen LogP) is 5.31. The average molecular weight is 376 g/mol. The van der Waals surface area contributed by atoms with E-state index in [9.17, 15) is 9.90 Å². The number of carbonyl (C=O) groups excluding carboxylic acids is 1. The van der Waals surface area contributed by atoms with Crippen LogP contribution in [0.4, 0.5) is 0 Å². The van der Waals surface area contributed by atoms with Crippen molar-refractivity contribution in [2.45, 2.75) is 65.7 Å². The second kappa shape index (κ2) is 7.30. The smallest absolute Gasteiger partial charge is 0.260 e. The molecule has 1 aliphatic heterocycles. The van der Waals surface area contributed by atoms with Gasteiger partial charge < -0.3 is 10.0 Å². The highest BCUT2D eigenvalue weighted by Gasteiger charge is 2.29. The SMILES string of the molecule is CC/C(=C1/SCCN(C)C1=O)c1cc(C(C)(C)C)c(O)c(C(C)(C)C)c1. The van der Waals surface area contributed by atoms with Crippen molar-refractivity contribution >= 4 is 23.2 Å². The number of thioether (sulfide) groups is 1. The number of phenolic OH excluding ortho intramolecular Hbond substituents is 1. The average Bonchev–Trinajstić information content (AvgIpc) is 2.51. The van der Waals surface area contributed by atoms with Crippen molar-refractivity contribution in [2.75, 3.05) is 19.3 Å². The quantitative estimate of drug-likeness (QED) is 0.712. The fourth-order valence-corrected chi connectivity index (χ4v) is 4.57. The van der Waals surface area contributed by atoms with Gasteiger partial charge in [0.05, 0.1) is 4.91 Å². The number of hydrogen-bond acceptors (Lipinski definition) is 3. The van der Waals surface area contributed by atoms with E-state index in [1.165, 1.54) is 0 Å². The van der Waals surface area contributed by atoms with Crippen LogP contribution < -0.4 is 0 Å². The molecule has 26 heavy (non-hydrogen) atoms. The summed E-state index contributed by atoms with van der Waals surface area (Å²) in [5.41, 5.74) is 3.67. The van der Waals surface area contributed by atoms with Gasteiger partial charge in [0.25, 0.3) is 5.91 Å². The van der Waals surface area contributed by atoms with Crippen LogP contribution in [0.3, 0.4) is 0 Å². The van der Waals surface area contributed by atoms with E-state index >= 15 is 0 Å². The van der Waals surface area contributed by atoms with Gasteiger partial charge in [0.2, 0.25) is 0 Å². The minimum Gasteiger partial charge on any atom is -0.507 e. The lowest BCUT2D eigenvalue weighted by molar-refractivity contribution is -0.125. The Bertz CT molecular complexity index is 700. The monoisotopic (exact) mass is 375 g/mol. The zero-order chi connectivity index (χ0) is 19.9. The third-order valence-corrected chi connectivity index (χ3v) is 6.01. The molecular formula is C22H33NO2S. The van der Waals surface area contributed by atoms with Crippen LogP contribution in [0, 0.1) is 0 Å². The summed E-state index contributed by atoms with van der Waals surface area (Å²) < 4.78 is 0. The van der Waals surface area contributed by atoms with Crippen LogP contribution in [0.25, 0.3) is 5.57 Å². The van der Waals surface area contributed by atoms with Gasteiger partial charge in [0.15, 0.2) is 0 Å². The Balaban J connectivity index is 2.77. The van der Waals surface area contributed by atoms with E-state index in [0.717, 1.165) is 45.9 Å². The molecule has 0 aromatic heterocycles. The zero-order valence-electron chi connectivity index (χ0n) is 17.5. The van der Waals surface area contributed by atoms with Crippen LogP contribution in [0.1, 0.15) is 71.6 Å². The first-order valence-electron chi connectivity index (χ1n) is 9.37. The van der Waals surface area contributed by atoms with Crippen molar-refractivity contribution < 1.29 is 9.90 Å². The van der Waals surface area contributed by atoms with E-state index in [4.69, 9.17) is 0 Å². The maximum Gasteiger partial charge on any atom is 0.260 e. The summed E-state index contributed by atoms with van der Waals surface area (Å²) in [5, 5.41) is 10.9. The van der Waals surface area contributed by atoms with E-state index < -0.39 is 0 Å². The number of nitrogens with zero attached hydrogens (tertiary/aromatic N) is 1. The van der Waals surface area contributed by atoms with Crippen LogP contribution in [0.15, 0.2) is 17.0 Å². The van der Waals surface area contributed by atoms with Crippen molar-refractivity contribution in [1.82, 2.24) is 4.90 Å². The molecule has 3 nitrogen and oxygen atoms in total. The zero-order valence-corrected chi connectivity index (χ0v) is 18.3. The number of carbonyl (C=O) groups is 1. The van der Waals surface area contributed by atoms with E-state index in [2.05, 4.69) is 60.6 Å². The fourth-order valence-electron chi connectivity index (χ4n) is 3.29. The Hall–Kier alpha value is -1.42. The van der Waals surface area contributed by atoms with Gasteiger partial charge in [-0.15, -0.1) is 11.8 Å². The summed E-state index contributed by atoms with van der Waals surface area (Å²) in [6.07, 6.45) is 0.792. The molecule has 1 fully saturated rings. The van der Waals surface area contributed by atoms with Crippen molar-refractivity contribution in [2.24, 2.45) is 0 Å². The maximum absolute atomic E-state index is 12.7. The lowest BCUT2D eigenvalue weighted by Crippen LogP contribution is -2.34. The molecule has 0 saturated carbocycles. The fraction of sp³-hybridized carbons (Fsp3) is 0.591. The van der Waals surface area contributed by atoms with E-state index in [-0.39, 0.29) is 16.7 Å². The molecule has 1 saturated heterocycles. The highest BCUT2D eigenvalue weighted by molar-refractivity contribution is 8.04. The maximum atomic E-state index is 12.7. The summed E-state index contributed by atoms with van der Waals surface area (Å²) in [6.45, 7) is 15.6. The molecule has 0 spiro atoms. The molecule has 1 heterocycles. The Kier molecular flexibility index (Phi) is 5.86. The number of benzene rings is 1. The van der Waals surface area contributed by atoms with Gasteiger partial charge in [-0.3, -0.25) is 4.79 Å². The largest absolute Gasteiger partial charge is 0.507 e. The van der Waals surface area contributed by atoms with Crippen LogP contribution in [0.2, 0.25) is 0 Å². The first kappa shape index (κ1) is 20.9. The Morgan fingerprint density at radius 2 is 1.62 bits per heavy atom. The van der Waals surface area contributed by atoms with Crippen molar-refractivity contribution in [1.29, 1.82) is 0 Å². The first-order chi connectivity index (χ1) is 11.9. The lowest BCUT2D eigenvalue weighted by atomic mass is 9.77. The van der Waals surface area contributed by atoms with Crippen LogP contribution >= 0.6 is 11.8 Å². The summed E-state index contributed by atoms with van der Waals surface area (Å²) in [4.78, 5) is 15.4. The molecule has 0 aliphatic carbocycles. The van der Waals surface area contributed by atoms with Crippen molar-refractivity contribution in [3.63, 3.8) is 0 Å². The number of hydrogen-bond donors (Lipinski definition) is 1. The number of phenols is 1. The Morgan fingerprint density at radius 1 is 1.12 bits per heavy atom. The standard InChI is InChI=1S/C22H33NO2S/c1-9-15(19-20(25)23(8)10-11-26-19)14-12-16(21(2,3)4)18(24)17(13-14)22(5,6)7/h12-13,24H,9-11H2,1-8H3/b19-15-. The van der Waals surface area contributed by atoms with E-state index in [1.54, 1.807) is 16.7 Å². The highest BCUT2D eigenvalue weighted by Crippen LogP contribution is 2.43. The molecule has 1 aliphatic rings. The molecule has 1 aromatic rings. The van der Waals surface area contributed by atoms with Gasteiger partial charge in [-0.2, -0.15) is 0 Å². The van der Waals surface area contributed by atoms with E-state index in [1.807, 2.05) is 7.05 Å². The molecular weight excluding hydrogens is 342 g/mol. The van der Waals surface area contributed by atoms with Crippen LogP contribution in [0.5, 0.6) is 5.75 Å². The highest BCUT2D eigenvalue weighted by atomic mass is 32.2. The van der Waals surface area contributed by atoms with E-state index in [0.29, 0.717) is 5.75 Å². The summed E-state index contributed by atoms with van der Waals surface area (Å²) >= 11 is 1.66. The molecule has 1 amide bonds. The summed E-state index contributed by atoms with van der Waals surface area (Å²) in [6, 6.07) is 4.16. The molecule has 1 N–H and O–H groups in total. The molecule has 0 bridgehead atoms. The van der Waals surface area contributed by atoms with Crippen LogP contribution in [-0.4, -0.2) is 35.3 Å². The lowest BCUT2D eigenvalue weighted by Gasteiger charge is -2.30. The number of rotatable bonds is 2. The number of amides is 1. The molecule has 2 rings (SSSR count). The van der Waals surface area contributed by atoms with Gasteiger partial charge in [-0.1, -0.05) is 48.5 Å². The minimum atomic E-state index is -0.176. The van der Waals surface area contributed by atoms with Crippen molar-refractivity contribution in [3.05, 3.63) is 33.7 Å². The van der Waals surface area contributed by atoms with Crippen molar-refractivity contribution in [3.8, 4) is 5.75 Å². The van der Waals surface area contributed by atoms with Gasteiger partial charge in [-0.05, 0) is 40.5 Å². The molecule has 0 unspecified atom stereocenters.